The molecule has 0 aliphatic rings. The summed E-state index contributed by atoms with van der Waals surface area (Å²) >= 11 is 5.11. The Balaban J connectivity index is 0.000000730. The van der Waals surface area contributed by atoms with Gasteiger partial charge >= 0.3 is 0 Å². The van der Waals surface area contributed by atoms with Gasteiger partial charge in [-0.3, -0.25) is 15.0 Å². The highest BCUT2D eigenvalue weighted by Gasteiger charge is 2.16. The van der Waals surface area contributed by atoms with Crippen molar-refractivity contribution in [1.82, 2.24) is 49.8 Å². The second kappa shape index (κ2) is 60.2. The zero-order valence-electron chi connectivity index (χ0n) is 87.1. The highest BCUT2D eigenvalue weighted by atomic mass is 32.1. The van der Waals surface area contributed by atoms with Crippen LogP contribution in [-0.4, -0.2) is 49.8 Å². The first-order valence-electron chi connectivity index (χ1n) is 47.2. The topological polar surface area (TPSA) is 155 Å². The van der Waals surface area contributed by atoms with Crippen LogP contribution in [0.25, 0.3) is 160 Å². The smallest absolute Gasteiger partial charge is 0.246 e. The lowest BCUT2D eigenvalue weighted by Crippen LogP contribution is -1.93. The molecule has 10 aromatic carbocycles. The van der Waals surface area contributed by atoms with Crippen LogP contribution in [0.4, 0.5) is 0 Å². The summed E-state index contributed by atoms with van der Waals surface area (Å²) in [5.74, 6) is 0. The van der Waals surface area contributed by atoms with E-state index in [9.17, 15) is 0 Å². The summed E-state index contributed by atoms with van der Waals surface area (Å²) in [4.78, 5) is 46.6. The number of nitrogens with zero attached hydrogens (tertiary/aromatic N) is 10. The first-order valence-corrected chi connectivity index (χ1v) is 49.7. The largest absolute Gasteiger partial charge is 0.436 e. The van der Waals surface area contributed by atoms with Gasteiger partial charge < -0.3 is 8.83 Å². The molecule has 130 heavy (non-hydrogen) atoms. The van der Waals surface area contributed by atoms with Gasteiger partial charge in [0, 0.05) is 97.6 Å². The van der Waals surface area contributed by atoms with E-state index < -0.39 is 0 Å². The van der Waals surface area contributed by atoms with Gasteiger partial charge in [-0.15, -0.1) is 34.0 Å². The van der Waals surface area contributed by atoms with Crippen LogP contribution in [0.5, 0.6) is 0 Å². The molecule has 20 aromatic rings. The molecular weight excluding hydrogens is 1650 g/mol. The highest BCUT2D eigenvalue weighted by molar-refractivity contribution is 7.26. The Hall–Kier alpha value is -10.8. The molecule has 0 saturated heterocycles. The molecule has 0 aliphatic carbocycles. The van der Waals surface area contributed by atoms with Crippen molar-refractivity contribution in [2.45, 2.75) is 277 Å². The molecule has 12 nitrogen and oxygen atoms in total. The number of hydrogen-bond donors (Lipinski definition) is 0. The fourth-order valence-corrected chi connectivity index (χ4v) is 14.2. The number of furan rings is 2. The Labute approximate surface area is 794 Å². The maximum Gasteiger partial charge on any atom is 0.246 e. The third-order valence-electron chi connectivity index (χ3n) is 14.9. The predicted octanol–water partition coefficient (Wildman–Crippen LogP) is 39.6. The third-order valence-corrected chi connectivity index (χ3v) is 18.1. The lowest BCUT2D eigenvalue weighted by Gasteiger charge is -2.05. The zero-order chi connectivity index (χ0) is 98.7. The van der Waals surface area contributed by atoms with Crippen LogP contribution in [0.15, 0.2) is 253 Å². The van der Waals surface area contributed by atoms with Crippen molar-refractivity contribution in [2.24, 2.45) is 27.1 Å². The SMILES string of the molecule is CC.CC.CC.CC.CC.CC.CC.CC.CC.CC.CC(C)(C)C.CC(C)(C)C.CC(C)(C)C.CC(C)(C)C.CC(C)(C)C.c1ccc2c(c1)ccc1oc3nccnc3c12.c1ccc2c(c1)ccc1sc3nccnc3c12.c1ccc2c(c1)ccc1sc3nccnc3c12.c1ccc2cc3c(cc2c1)oc1nccnc13.c1ccc2cc3c(cc2c1)sc1nccnc13. The van der Waals surface area contributed by atoms with Gasteiger partial charge in [-0.25, -0.2) is 34.9 Å². The van der Waals surface area contributed by atoms with Gasteiger partial charge in [0.1, 0.15) is 53.2 Å². The van der Waals surface area contributed by atoms with Gasteiger partial charge in [0.05, 0.1) is 5.39 Å². The number of thiophene rings is 3. The molecule has 0 fully saturated rings. The Kier molecular flexibility index (Phi) is 54.2. The van der Waals surface area contributed by atoms with E-state index >= 15 is 0 Å². The molecular formula is C115H160N10O2S3. The minimum Gasteiger partial charge on any atom is -0.436 e. The number of aromatic nitrogens is 10. The maximum atomic E-state index is 5.69. The summed E-state index contributed by atoms with van der Waals surface area (Å²) in [5.41, 5.74) is 10.1. The lowest BCUT2D eigenvalue weighted by atomic mass is 10.0. The molecule has 0 N–H and O–H groups in total. The van der Waals surface area contributed by atoms with E-state index in [0.29, 0.717) is 38.5 Å². The number of rotatable bonds is 0. The fourth-order valence-electron chi connectivity index (χ4n) is 11.1. The van der Waals surface area contributed by atoms with Crippen LogP contribution in [0.2, 0.25) is 0 Å². The van der Waals surface area contributed by atoms with Crippen LogP contribution in [0, 0.1) is 27.1 Å². The molecule has 0 saturated carbocycles. The number of hydrogen-bond acceptors (Lipinski definition) is 15. The summed E-state index contributed by atoms with van der Waals surface area (Å²) in [5, 5.41) is 18.0. The van der Waals surface area contributed by atoms with E-state index in [0.717, 1.165) is 69.4 Å². The van der Waals surface area contributed by atoms with E-state index in [-0.39, 0.29) is 0 Å². The van der Waals surface area contributed by atoms with Crippen molar-refractivity contribution in [1.29, 1.82) is 0 Å². The molecule has 700 valence electrons. The first kappa shape index (κ1) is 117. The molecule has 10 aromatic heterocycles. The maximum absolute atomic E-state index is 5.69. The Morgan fingerprint density at radius 2 is 0.438 bits per heavy atom. The van der Waals surface area contributed by atoms with Gasteiger partial charge in [0.25, 0.3) is 0 Å². The van der Waals surface area contributed by atoms with Crippen molar-refractivity contribution in [3.05, 3.63) is 244 Å². The fraction of sp³-hybridized carbons (Fsp3) is 0.391. The minimum atomic E-state index is 0.500. The Morgan fingerprint density at radius 1 is 0.192 bits per heavy atom. The lowest BCUT2D eigenvalue weighted by molar-refractivity contribution is 0.469. The normalized spacial score (nSPS) is 10.3. The van der Waals surface area contributed by atoms with Gasteiger partial charge in [-0.2, -0.15) is 0 Å². The molecule has 10 heterocycles. The summed E-state index contributed by atoms with van der Waals surface area (Å²) in [6.45, 7) is 83.8. The van der Waals surface area contributed by atoms with E-state index in [1.807, 2.05) is 175 Å². The van der Waals surface area contributed by atoms with Crippen molar-refractivity contribution in [3.8, 4) is 0 Å². The summed E-state index contributed by atoms with van der Waals surface area (Å²) < 4.78 is 15.1. The van der Waals surface area contributed by atoms with Crippen molar-refractivity contribution < 1.29 is 8.83 Å². The van der Waals surface area contributed by atoms with Crippen LogP contribution in [0.3, 0.4) is 0 Å². The second-order valence-electron chi connectivity index (χ2n) is 34.9. The van der Waals surface area contributed by atoms with Gasteiger partial charge in [-0.05, 0) is 123 Å². The van der Waals surface area contributed by atoms with Gasteiger partial charge in [0.2, 0.25) is 11.4 Å². The van der Waals surface area contributed by atoms with E-state index in [4.69, 9.17) is 8.83 Å². The van der Waals surface area contributed by atoms with Crippen LogP contribution in [0.1, 0.15) is 277 Å². The van der Waals surface area contributed by atoms with E-state index in [1.165, 1.54) is 78.7 Å². The van der Waals surface area contributed by atoms with Crippen LogP contribution >= 0.6 is 34.0 Å². The molecule has 0 aliphatic heterocycles. The summed E-state index contributed by atoms with van der Waals surface area (Å²) in [6, 6.07) is 62.9. The molecule has 0 amide bonds. The molecule has 20 rings (SSSR count). The number of benzene rings is 10. The predicted molar refractivity (Wildman–Crippen MR) is 590 cm³/mol. The van der Waals surface area contributed by atoms with E-state index in [1.54, 1.807) is 96.0 Å². The standard InChI is InChI=1S/2C14H8N2O.3C14H8N2S.5C5H12.10C2H6/c1-2-4-10-8-12-11(7-9(10)3-1)13-14(17-12)16-6-5-15-13;1-2-4-10-9(3-1)5-6-11-12(10)13-14(17-11)16-8-7-15-13;1-2-4-10-8-12-11(7-9(10)3-1)13-14(17-12)16-6-5-15-13;2*1-2-4-10-9(3-1)5-6-11-12(10)13-14(17-11)16-8-7-15-13;5*1-5(2,3)4;10*1-2/h5*1-8H;5*1-4H3;10*1-2H3. The van der Waals surface area contributed by atoms with Crippen molar-refractivity contribution in [3.63, 3.8) is 0 Å². The Bertz CT molecular complexity index is 5860. The average Bonchev–Trinajstić information content (AvgIpc) is 1.62. The van der Waals surface area contributed by atoms with Crippen LogP contribution < -0.4 is 0 Å². The third kappa shape index (κ3) is 38.7. The minimum absolute atomic E-state index is 0.500. The molecule has 0 atom stereocenters. The van der Waals surface area contributed by atoms with Crippen LogP contribution in [-0.2, 0) is 0 Å². The van der Waals surface area contributed by atoms with E-state index in [2.05, 4.69) is 334 Å². The zero-order valence-corrected chi connectivity index (χ0v) is 89.6. The molecule has 0 spiro atoms. The molecule has 0 unspecified atom stereocenters. The van der Waals surface area contributed by atoms with Gasteiger partial charge in [0.15, 0.2) is 0 Å². The first-order chi connectivity index (χ1) is 62.1. The monoisotopic (exact) mass is 1810 g/mol. The highest BCUT2D eigenvalue weighted by Crippen LogP contribution is 2.40. The van der Waals surface area contributed by atoms with Crippen molar-refractivity contribution >= 4 is 194 Å². The molecule has 0 radical (unpaired) electrons. The quantitative estimate of drug-likeness (QED) is 0.142. The number of fused-ring (bicyclic) bond motifs is 23. The average molecular weight is 1810 g/mol. The van der Waals surface area contributed by atoms with Crippen molar-refractivity contribution in [2.75, 3.05) is 0 Å². The molecule has 15 heteroatoms. The van der Waals surface area contributed by atoms with Gasteiger partial charge in [-0.1, -0.05) is 416 Å². The second-order valence-corrected chi connectivity index (χ2v) is 38.0. The molecule has 0 bridgehead atoms. The Morgan fingerprint density at radius 3 is 0.808 bits per heavy atom. The summed E-state index contributed by atoms with van der Waals surface area (Å²) in [6.07, 6.45) is 17.2. The summed E-state index contributed by atoms with van der Waals surface area (Å²) in [7, 11) is 0.